The maximum atomic E-state index is 11.5. The van der Waals surface area contributed by atoms with E-state index in [1.807, 2.05) is 6.92 Å². The molecule has 0 saturated carbocycles. The molecule has 1 atom stereocenters. The van der Waals surface area contributed by atoms with Crippen molar-refractivity contribution in [2.45, 2.75) is 26.4 Å². The minimum absolute atomic E-state index is 0.291. The average Bonchev–Trinajstić information content (AvgIpc) is 2.32. The first-order valence-corrected chi connectivity index (χ1v) is 6.57. The summed E-state index contributed by atoms with van der Waals surface area (Å²) in [7, 11) is 0. The molecule has 0 fully saturated rings. The fourth-order valence-electron chi connectivity index (χ4n) is 1.15. The largest absolute Gasteiger partial charge is 0.477 e. The molecule has 1 unspecified atom stereocenters. The van der Waals surface area contributed by atoms with Crippen molar-refractivity contribution in [2.24, 2.45) is 0 Å². The molecule has 1 rings (SSSR count). The fourth-order valence-corrected chi connectivity index (χ4v) is 1.73. The van der Waals surface area contributed by atoms with Gasteiger partial charge in [0.2, 0.25) is 0 Å². The zero-order valence-corrected chi connectivity index (χ0v) is 12.3. The first kappa shape index (κ1) is 15.4. The highest BCUT2D eigenvalue weighted by Gasteiger charge is 2.18. The molecule has 0 N–H and O–H groups in total. The average molecular weight is 312 g/mol. The summed E-state index contributed by atoms with van der Waals surface area (Å²) in [6, 6.07) is 2.93. The highest BCUT2D eigenvalue weighted by atomic mass is 35.5. The monoisotopic (exact) mass is 310 g/mol. The lowest BCUT2D eigenvalue weighted by atomic mass is 10.3. The quantitative estimate of drug-likeness (QED) is 0.598. The number of benzene rings is 1. The van der Waals surface area contributed by atoms with Crippen molar-refractivity contribution in [3.8, 4) is 5.75 Å². The summed E-state index contributed by atoms with van der Waals surface area (Å²) in [6.45, 7) is 3.85. The number of ether oxygens (including phenoxy) is 2. The molecular formula is C12H13Cl3O3. The van der Waals surface area contributed by atoms with E-state index in [-0.39, 0.29) is 0 Å². The van der Waals surface area contributed by atoms with Crippen LogP contribution in [0.3, 0.4) is 0 Å². The number of carbonyl (C=O) groups excluding carboxylic acids is 1. The van der Waals surface area contributed by atoms with Gasteiger partial charge in [-0.3, -0.25) is 0 Å². The van der Waals surface area contributed by atoms with Crippen molar-refractivity contribution in [1.82, 2.24) is 0 Å². The Morgan fingerprint density at radius 2 is 1.83 bits per heavy atom. The Morgan fingerprint density at radius 3 is 2.44 bits per heavy atom. The lowest BCUT2D eigenvalue weighted by Crippen LogP contribution is -2.26. The van der Waals surface area contributed by atoms with Gasteiger partial charge in [-0.1, -0.05) is 41.7 Å². The van der Waals surface area contributed by atoms with Crippen LogP contribution in [0, 0.1) is 0 Å². The van der Waals surface area contributed by atoms with Gasteiger partial charge in [0.1, 0.15) is 5.75 Å². The first-order valence-electron chi connectivity index (χ1n) is 5.43. The van der Waals surface area contributed by atoms with Crippen molar-refractivity contribution >= 4 is 40.8 Å². The Labute approximate surface area is 121 Å². The summed E-state index contributed by atoms with van der Waals surface area (Å²) in [4.78, 5) is 11.5. The molecule has 0 aliphatic carbocycles. The molecule has 0 saturated heterocycles. The summed E-state index contributed by atoms with van der Waals surface area (Å²) < 4.78 is 10.3. The zero-order valence-electron chi connectivity index (χ0n) is 10.0. The van der Waals surface area contributed by atoms with Gasteiger partial charge >= 0.3 is 5.97 Å². The molecule has 0 aliphatic heterocycles. The molecule has 0 aliphatic rings. The highest BCUT2D eigenvalue weighted by molar-refractivity contribution is 6.43. The third-order valence-electron chi connectivity index (χ3n) is 2.06. The number of rotatable bonds is 5. The number of esters is 1. The summed E-state index contributed by atoms with van der Waals surface area (Å²) in [6.07, 6.45) is -0.00212. The van der Waals surface area contributed by atoms with Crippen LogP contribution in [0.4, 0.5) is 0 Å². The summed E-state index contributed by atoms with van der Waals surface area (Å²) in [5.41, 5.74) is 0. The molecular weight excluding hydrogens is 298 g/mol. The molecule has 1 aromatic carbocycles. The normalized spacial score (nSPS) is 12.1. The molecule has 0 heterocycles. The molecule has 100 valence electrons. The molecule has 1 aromatic rings. The molecule has 6 heteroatoms. The smallest absolute Gasteiger partial charge is 0.347 e. The second-order valence-corrected chi connectivity index (χ2v) is 4.85. The van der Waals surface area contributed by atoms with E-state index >= 15 is 0 Å². The van der Waals surface area contributed by atoms with Crippen molar-refractivity contribution < 1.29 is 14.3 Å². The topological polar surface area (TPSA) is 35.5 Å². The van der Waals surface area contributed by atoms with E-state index in [0.717, 1.165) is 6.42 Å². The van der Waals surface area contributed by atoms with Gasteiger partial charge in [-0.05, 0) is 19.4 Å². The van der Waals surface area contributed by atoms with E-state index in [1.54, 1.807) is 6.92 Å². The van der Waals surface area contributed by atoms with Crippen LogP contribution in [0.1, 0.15) is 20.3 Å². The van der Waals surface area contributed by atoms with E-state index in [0.29, 0.717) is 27.4 Å². The third kappa shape index (κ3) is 4.23. The van der Waals surface area contributed by atoms with Crippen molar-refractivity contribution in [1.29, 1.82) is 0 Å². The number of hydrogen-bond donors (Lipinski definition) is 0. The predicted molar refractivity (Wildman–Crippen MR) is 72.8 cm³/mol. The van der Waals surface area contributed by atoms with Crippen molar-refractivity contribution in [2.75, 3.05) is 6.61 Å². The van der Waals surface area contributed by atoms with E-state index in [9.17, 15) is 4.79 Å². The molecule has 3 nitrogen and oxygen atoms in total. The molecule has 0 spiro atoms. The number of carbonyl (C=O) groups is 1. The first-order chi connectivity index (χ1) is 8.45. The number of halogens is 3. The summed E-state index contributed by atoms with van der Waals surface area (Å²) in [5.74, 6) is -0.147. The molecule has 0 bridgehead atoms. The van der Waals surface area contributed by atoms with Gasteiger partial charge < -0.3 is 9.47 Å². The Hall–Kier alpha value is -0.640. The van der Waals surface area contributed by atoms with Crippen molar-refractivity contribution in [3.05, 3.63) is 27.2 Å². The SMILES string of the molecule is CCCOC(=O)C(C)Oc1cc(Cl)c(Cl)cc1Cl. The van der Waals surface area contributed by atoms with E-state index in [2.05, 4.69) is 0 Å². The van der Waals surface area contributed by atoms with Crippen LogP contribution in [-0.4, -0.2) is 18.7 Å². The third-order valence-corrected chi connectivity index (χ3v) is 3.08. The van der Waals surface area contributed by atoms with E-state index in [4.69, 9.17) is 44.3 Å². The van der Waals surface area contributed by atoms with Gasteiger partial charge in [-0.25, -0.2) is 4.79 Å². The minimum atomic E-state index is -0.758. The standard InChI is InChI=1S/C12H13Cl3O3/c1-3-4-17-12(16)7(2)18-11-6-9(14)8(13)5-10(11)15/h5-7H,3-4H2,1-2H3. The Balaban J connectivity index is 2.72. The minimum Gasteiger partial charge on any atom is -0.477 e. The summed E-state index contributed by atoms with van der Waals surface area (Å²) in [5, 5.41) is 0.931. The van der Waals surface area contributed by atoms with Crippen LogP contribution in [0.2, 0.25) is 15.1 Å². The van der Waals surface area contributed by atoms with Crippen molar-refractivity contribution in [3.63, 3.8) is 0 Å². The van der Waals surface area contributed by atoms with Gasteiger partial charge in [-0.2, -0.15) is 0 Å². The number of hydrogen-bond acceptors (Lipinski definition) is 3. The lowest BCUT2D eigenvalue weighted by molar-refractivity contribution is -0.151. The molecule has 0 amide bonds. The molecule has 18 heavy (non-hydrogen) atoms. The second-order valence-electron chi connectivity index (χ2n) is 3.62. The van der Waals surface area contributed by atoms with Gasteiger partial charge in [-0.15, -0.1) is 0 Å². The zero-order chi connectivity index (χ0) is 13.7. The van der Waals surface area contributed by atoms with E-state index < -0.39 is 12.1 Å². The van der Waals surface area contributed by atoms with Crippen LogP contribution in [0.25, 0.3) is 0 Å². The maximum Gasteiger partial charge on any atom is 0.347 e. The predicted octanol–water partition coefficient (Wildman–Crippen LogP) is 4.37. The fraction of sp³-hybridized carbons (Fsp3) is 0.417. The summed E-state index contributed by atoms with van der Waals surface area (Å²) >= 11 is 17.6. The Bertz CT molecular complexity index is 435. The molecule has 0 radical (unpaired) electrons. The second kappa shape index (κ2) is 7.07. The Kier molecular flexibility index (Phi) is 6.06. The van der Waals surface area contributed by atoms with Crippen LogP contribution < -0.4 is 4.74 Å². The van der Waals surface area contributed by atoms with Crippen LogP contribution in [0.5, 0.6) is 5.75 Å². The van der Waals surface area contributed by atoms with Gasteiger partial charge in [0.15, 0.2) is 6.10 Å². The highest BCUT2D eigenvalue weighted by Crippen LogP contribution is 2.34. The van der Waals surface area contributed by atoms with Gasteiger partial charge in [0.25, 0.3) is 0 Å². The van der Waals surface area contributed by atoms with Crippen LogP contribution >= 0.6 is 34.8 Å². The lowest BCUT2D eigenvalue weighted by Gasteiger charge is -2.15. The van der Waals surface area contributed by atoms with Crippen LogP contribution in [-0.2, 0) is 9.53 Å². The van der Waals surface area contributed by atoms with Gasteiger partial charge in [0, 0.05) is 6.07 Å². The van der Waals surface area contributed by atoms with Gasteiger partial charge in [0.05, 0.1) is 21.7 Å². The maximum absolute atomic E-state index is 11.5. The van der Waals surface area contributed by atoms with E-state index in [1.165, 1.54) is 12.1 Å². The molecule has 0 aromatic heterocycles. The van der Waals surface area contributed by atoms with Crippen LogP contribution in [0.15, 0.2) is 12.1 Å². The Morgan fingerprint density at radius 1 is 1.22 bits per heavy atom.